The van der Waals surface area contributed by atoms with Crippen molar-refractivity contribution in [2.45, 2.75) is 32.6 Å². The van der Waals surface area contributed by atoms with Crippen molar-refractivity contribution in [1.82, 2.24) is 9.44 Å². The Labute approximate surface area is 121 Å². The van der Waals surface area contributed by atoms with Crippen molar-refractivity contribution in [1.29, 1.82) is 0 Å². The quantitative estimate of drug-likeness (QED) is 0.610. The van der Waals surface area contributed by atoms with Crippen LogP contribution < -0.4 is 9.44 Å². The Kier molecular flexibility index (Phi) is 5.95. The molecule has 0 aromatic heterocycles. The first-order valence-corrected chi connectivity index (χ1v) is 7.95. The summed E-state index contributed by atoms with van der Waals surface area (Å²) < 4.78 is 6.27. The van der Waals surface area contributed by atoms with Crippen molar-refractivity contribution in [3.63, 3.8) is 0 Å². The molecule has 0 amide bonds. The van der Waals surface area contributed by atoms with Gasteiger partial charge in [0.1, 0.15) is 0 Å². The van der Waals surface area contributed by atoms with E-state index in [0.717, 1.165) is 18.9 Å². The first-order valence-electron chi connectivity index (χ1n) is 7.13. The number of hydrogen-bond donors (Lipinski definition) is 2. The maximum absolute atomic E-state index is 3.26. The Balaban J connectivity index is 1.87. The molecule has 0 bridgehead atoms. The fourth-order valence-corrected chi connectivity index (χ4v) is 2.78. The lowest BCUT2D eigenvalue weighted by atomic mass is 9.87. The van der Waals surface area contributed by atoms with Crippen LogP contribution in [0.1, 0.15) is 37.3 Å². The fraction of sp³-hybridized carbons (Fsp3) is 0.500. The summed E-state index contributed by atoms with van der Waals surface area (Å²) >= 11 is 1.54. The van der Waals surface area contributed by atoms with Crippen LogP contribution in [0.3, 0.4) is 0 Å². The van der Waals surface area contributed by atoms with Gasteiger partial charge in [0, 0.05) is 18.7 Å². The summed E-state index contributed by atoms with van der Waals surface area (Å²) in [5.74, 6) is 0.860. The van der Waals surface area contributed by atoms with Crippen LogP contribution in [0.4, 0.5) is 0 Å². The second-order valence-electron chi connectivity index (χ2n) is 5.26. The molecule has 0 saturated heterocycles. The molecule has 104 valence electrons. The van der Waals surface area contributed by atoms with Gasteiger partial charge in [0.05, 0.1) is 0 Å². The maximum atomic E-state index is 3.26. The third-order valence-corrected chi connectivity index (χ3v) is 4.24. The zero-order chi connectivity index (χ0) is 13.5. The highest BCUT2D eigenvalue weighted by Gasteiger charge is 2.11. The van der Waals surface area contributed by atoms with Gasteiger partial charge >= 0.3 is 0 Å². The second kappa shape index (κ2) is 7.73. The van der Waals surface area contributed by atoms with Gasteiger partial charge < -0.3 is 0 Å². The molecule has 1 unspecified atom stereocenters. The first-order chi connectivity index (χ1) is 9.29. The van der Waals surface area contributed by atoms with Crippen LogP contribution >= 0.6 is 12.1 Å². The third-order valence-electron chi connectivity index (χ3n) is 3.69. The van der Waals surface area contributed by atoms with Gasteiger partial charge in [-0.05, 0) is 55.3 Å². The van der Waals surface area contributed by atoms with Gasteiger partial charge in [-0.2, -0.15) is 0 Å². The standard InChI is InChI=1S/C16H24N2S/c1-13-3-7-15(8-4-13)16-9-5-14(6-10-16)11-12-18-19-17-2/h5-7,9-10,13,17-18H,3-4,8,11-12H2,1-2H3. The molecule has 0 fully saturated rings. The maximum Gasteiger partial charge on any atom is 0.0111 e. The molecule has 3 heteroatoms. The Morgan fingerprint density at radius 2 is 2.05 bits per heavy atom. The van der Waals surface area contributed by atoms with E-state index in [1.807, 2.05) is 7.05 Å². The molecule has 0 spiro atoms. The van der Waals surface area contributed by atoms with Gasteiger partial charge in [-0.3, -0.25) is 9.44 Å². The van der Waals surface area contributed by atoms with Gasteiger partial charge in [-0.1, -0.05) is 37.3 Å². The van der Waals surface area contributed by atoms with Crippen LogP contribution in [0, 0.1) is 5.92 Å². The molecule has 0 saturated carbocycles. The monoisotopic (exact) mass is 276 g/mol. The average molecular weight is 276 g/mol. The average Bonchev–Trinajstić information content (AvgIpc) is 2.45. The molecule has 1 atom stereocenters. The summed E-state index contributed by atoms with van der Waals surface area (Å²) in [4.78, 5) is 0. The van der Waals surface area contributed by atoms with Crippen LogP contribution in [-0.2, 0) is 6.42 Å². The zero-order valence-corrected chi connectivity index (χ0v) is 12.7. The lowest BCUT2D eigenvalue weighted by Gasteiger charge is -2.18. The molecule has 1 aromatic rings. The minimum atomic E-state index is 0.860. The molecule has 0 radical (unpaired) electrons. The number of allylic oxidation sites excluding steroid dienone is 2. The molecule has 0 heterocycles. The molecule has 2 nitrogen and oxygen atoms in total. The Morgan fingerprint density at radius 1 is 1.26 bits per heavy atom. The second-order valence-corrected chi connectivity index (χ2v) is 6.16. The van der Waals surface area contributed by atoms with Crippen LogP contribution in [0.5, 0.6) is 0 Å². The van der Waals surface area contributed by atoms with Crippen molar-refractivity contribution in [3.8, 4) is 0 Å². The lowest BCUT2D eigenvalue weighted by molar-refractivity contribution is 0.534. The van der Waals surface area contributed by atoms with Crippen LogP contribution in [0.25, 0.3) is 5.57 Å². The molecule has 2 N–H and O–H groups in total. The fourth-order valence-electron chi connectivity index (χ4n) is 2.43. The minimum Gasteiger partial charge on any atom is -0.254 e. The highest BCUT2D eigenvalue weighted by molar-refractivity contribution is 7.95. The summed E-state index contributed by atoms with van der Waals surface area (Å²) in [5, 5.41) is 0. The summed E-state index contributed by atoms with van der Waals surface area (Å²) in [7, 11) is 1.92. The van der Waals surface area contributed by atoms with Gasteiger partial charge in [-0.15, -0.1) is 0 Å². The first kappa shape index (κ1) is 14.6. The topological polar surface area (TPSA) is 24.1 Å². The number of hydrogen-bond acceptors (Lipinski definition) is 3. The highest BCUT2D eigenvalue weighted by Crippen LogP contribution is 2.29. The zero-order valence-electron chi connectivity index (χ0n) is 11.9. The number of benzene rings is 1. The summed E-state index contributed by atoms with van der Waals surface area (Å²) in [5.41, 5.74) is 4.35. The smallest absolute Gasteiger partial charge is 0.0111 e. The number of rotatable bonds is 6. The van der Waals surface area contributed by atoms with Crippen molar-refractivity contribution >= 4 is 17.7 Å². The molecular formula is C16H24N2S. The van der Waals surface area contributed by atoms with Crippen molar-refractivity contribution < 1.29 is 0 Å². The molecule has 1 aliphatic carbocycles. The molecular weight excluding hydrogens is 252 g/mol. The van der Waals surface area contributed by atoms with Crippen molar-refractivity contribution in [2.75, 3.05) is 13.6 Å². The van der Waals surface area contributed by atoms with Gasteiger partial charge in [-0.25, -0.2) is 0 Å². The van der Waals surface area contributed by atoms with E-state index in [-0.39, 0.29) is 0 Å². The van der Waals surface area contributed by atoms with Crippen LogP contribution in [0.2, 0.25) is 0 Å². The molecule has 19 heavy (non-hydrogen) atoms. The van der Waals surface area contributed by atoms with E-state index >= 15 is 0 Å². The van der Waals surface area contributed by atoms with E-state index in [4.69, 9.17) is 0 Å². The summed E-state index contributed by atoms with van der Waals surface area (Å²) in [6.45, 7) is 3.33. The lowest BCUT2D eigenvalue weighted by Crippen LogP contribution is -2.13. The summed E-state index contributed by atoms with van der Waals surface area (Å²) in [6, 6.07) is 9.09. The third kappa shape index (κ3) is 4.68. The molecule has 0 aliphatic heterocycles. The van der Waals surface area contributed by atoms with Gasteiger partial charge in [0.2, 0.25) is 0 Å². The van der Waals surface area contributed by atoms with E-state index in [9.17, 15) is 0 Å². The number of nitrogens with one attached hydrogen (secondary N) is 2. The van der Waals surface area contributed by atoms with Crippen LogP contribution in [-0.4, -0.2) is 13.6 Å². The van der Waals surface area contributed by atoms with Crippen LogP contribution in [0.15, 0.2) is 30.3 Å². The largest absolute Gasteiger partial charge is 0.254 e. The highest BCUT2D eigenvalue weighted by atomic mass is 32.2. The van der Waals surface area contributed by atoms with Crippen molar-refractivity contribution in [2.24, 2.45) is 5.92 Å². The van der Waals surface area contributed by atoms with Gasteiger partial charge in [0.15, 0.2) is 0 Å². The van der Waals surface area contributed by atoms with Gasteiger partial charge in [0.25, 0.3) is 0 Å². The van der Waals surface area contributed by atoms with E-state index < -0.39 is 0 Å². The Hall–Kier alpha value is -0.770. The normalized spacial score (nSPS) is 19.3. The predicted molar refractivity (Wildman–Crippen MR) is 85.8 cm³/mol. The minimum absolute atomic E-state index is 0.860. The van der Waals surface area contributed by atoms with E-state index in [1.54, 1.807) is 12.1 Å². The molecule has 1 aromatic carbocycles. The summed E-state index contributed by atoms with van der Waals surface area (Å²) in [6.07, 6.45) is 7.31. The van der Waals surface area contributed by atoms with E-state index in [2.05, 4.69) is 46.7 Å². The SMILES string of the molecule is CNSNCCc1ccc(C2=CCC(C)CC2)cc1. The Morgan fingerprint density at radius 3 is 2.68 bits per heavy atom. The van der Waals surface area contributed by atoms with Crippen molar-refractivity contribution in [3.05, 3.63) is 41.5 Å². The van der Waals surface area contributed by atoms with E-state index in [0.29, 0.717) is 0 Å². The molecule has 2 rings (SSSR count). The van der Waals surface area contributed by atoms with E-state index in [1.165, 1.54) is 36.0 Å². The Bertz CT molecular complexity index is 411. The molecule has 1 aliphatic rings. The predicted octanol–water partition coefficient (Wildman–Crippen LogP) is 3.80.